The first-order valence-corrected chi connectivity index (χ1v) is 8.90. The molecular weight excluding hydrogens is 315 g/mol. The van der Waals surface area contributed by atoms with Crippen LogP contribution in [0.2, 0.25) is 0 Å². The lowest BCUT2D eigenvalue weighted by Crippen LogP contribution is -2.40. The van der Waals surface area contributed by atoms with Crippen LogP contribution in [-0.2, 0) is 6.67 Å². The number of hydrogen-bond donors (Lipinski definition) is 3. The second-order valence-corrected chi connectivity index (χ2v) is 6.62. The topological polar surface area (TPSA) is 49.0 Å². The van der Waals surface area contributed by atoms with Crippen molar-refractivity contribution in [3.8, 4) is 11.1 Å². The van der Waals surface area contributed by atoms with Gasteiger partial charge in [0.2, 0.25) is 0 Å². The van der Waals surface area contributed by atoms with Gasteiger partial charge in [0.15, 0.2) is 0 Å². The van der Waals surface area contributed by atoms with Crippen molar-refractivity contribution in [3.63, 3.8) is 0 Å². The fraction of sp³-hybridized carbons (Fsp3) is 0.350. The predicted octanol–water partition coefficient (Wildman–Crippen LogP) is 1.50. The highest BCUT2D eigenvalue weighted by atomic mass is 19.1. The van der Waals surface area contributed by atoms with Crippen LogP contribution in [0.5, 0.6) is 0 Å². The molecule has 25 heavy (non-hydrogen) atoms. The largest absolute Gasteiger partial charge is 0.387 e. The Morgan fingerprint density at radius 3 is 2.80 bits per heavy atom. The number of rotatable bonds is 4. The standard InChI is InChI=1S/C20H23FN4/c21-11-18-2-1-15(12-24-18)16-9-14-3-6-23-13-19(14)20(10-16)25-17-4-7-22-8-5-17/h1-3,9-10,12-13,17,22-23,25H,4-8,11H2. The van der Waals surface area contributed by atoms with Crippen molar-refractivity contribution in [2.45, 2.75) is 25.6 Å². The molecule has 2 aliphatic heterocycles. The molecule has 130 valence electrons. The summed E-state index contributed by atoms with van der Waals surface area (Å²) in [6, 6.07) is 8.56. The Hall–Kier alpha value is -2.40. The van der Waals surface area contributed by atoms with E-state index in [4.69, 9.17) is 0 Å². The summed E-state index contributed by atoms with van der Waals surface area (Å²) in [6.07, 6.45) is 8.31. The van der Waals surface area contributed by atoms with Crippen LogP contribution in [0.1, 0.15) is 18.5 Å². The maximum Gasteiger partial charge on any atom is 0.131 e. The first kappa shape index (κ1) is 16.1. The number of piperidine rings is 1. The van der Waals surface area contributed by atoms with Crippen molar-refractivity contribution in [1.82, 2.24) is 15.6 Å². The summed E-state index contributed by atoms with van der Waals surface area (Å²) in [5.74, 6) is 0. The number of halogens is 1. The third-order valence-electron chi connectivity index (χ3n) is 4.89. The normalized spacial score (nSPS) is 17.0. The molecule has 0 bridgehead atoms. The number of alkyl halides is 1. The Bertz CT molecular complexity index is 855. The summed E-state index contributed by atoms with van der Waals surface area (Å²) < 4.78 is 12.7. The molecule has 4 nitrogen and oxygen atoms in total. The Labute approximate surface area is 146 Å². The summed E-state index contributed by atoms with van der Waals surface area (Å²) >= 11 is 0. The monoisotopic (exact) mass is 338 g/mol. The molecule has 1 aromatic heterocycles. The van der Waals surface area contributed by atoms with E-state index in [1.807, 2.05) is 6.07 Å². The fourth-order valence-corrected chi connectivity index (χ4v) is 3.48. The smallest absolute Gasteiger partial charge is 0.131 e. The number of nitrogens with zero attached hydrogens (tertiary/aromatic N) is 1. The molecule has 1 aromatic carbocycles. The van der Waals surface area contributed by atoms with E-state index >= 15 is 0 Å². The highest BCUT2D eigenvalue weighted by Crippen LogP contribution is 2.20. The van der Waals surface area contributed by atoms with Gasteiger partial charge in [-0.05, 0) is 54.9 Å². The third-order valence-corrected chi connectivity index (χ3v) is 4.89. The van der Waals surface area contributed by atoms with Crippen molar-refractivity contribution in [1.29, 1.82) is 0 Å². The predicted molar refractivity (Wildman–Crippen MR) is 100 cm³/mol. The second kappa shape index (κ2) is 7.23. The van der Waals surface area contributed by atoms with E-state index < -0.39 is 6.67 Å². The minimum Gasteiger partial charge on any atom is -0.387 e. The van der Waals surface area contributed by atoms with E-state index in [9.17, 15) is 4.39 Å². The highest BCUT2D eigenvalue weighted by molar-refractivity contribution is 5.70. The minimum absolute atomic E-state index is 0.471. The molecule has 5 heteroatoms. The lowest BCUT2D eigenvalue weighted by Gasteiger charge is -2.25. The van der Waals surface area contributed by atoms with E-state index in [-0.39, 0.29) is 0 Å². The van der Waals surface area contributed by atoms with Gasteiger partial charge in [-0.2, -0.15) is 0 Å². The first-order chi connectivity index (χ1) is 12.3. The van der Waals surface area contributed by atoms with Gasteiger partial charge in [-0.1, -0.05) is 12.1 Å². The molecule has 1 saturated heterocycles. The van der Waals surface area contributed by atoms with E-state index in [2.05, 4.69) is 45.3 Å². The molecule has 0 spiro atoms. The summed E-state index contributed by atoms with van der Waals surface area (Å²) in [6.45, 7) is 2.42. The lowest BCUT2D eigenvalue weighted by molar-refractivity contribution is 0.476. The molecule has 3 heterocycles. The molecule has 2 aromatic rings. The van der Waals surface area contributed by atoms with Crippen LogP contribution in [0.25, 0.3) is 23.4 Å². The highest BCUT2D eigenvalue weighted by Gasteiger charge is 2.14. The molecule has 3 N–H and O–H groups in total. The van der Waals surface area contributed by atoms with E-state index in [0.717, 1.165) is 49.3 Å². The number of nitrogens with one attached hydrogen (secondary N) is 3. The first-order valence-electron chi connectivity index (χ1n) is 8.90. The van der Waals surface area contributed by atoms with Crippen molar-refractivity contribution >= 4 is 18.0 Å². The zero-order valence-corrected chi connectivity index (χ0v) is 14.2. The van der Waals surface area contributed by atoms with Gasteiger partial charge in [-0.15, -0.1) is 0 Å². The summed E-state index contributed by atoms with van der Waals surface area (Å²) in [5, 5.41) is 12.9. The molecule has 1 fully saturated rings. The van der Waals surface area contributed by atoms with Crippen molar-refractivity contribution in [3.05, 3.63) is 46.6 Å². The van der Waals surface area contributed by atoms with E-state index in [1.165, 1.54) is 10.4 Å². The third kappa shape index (κ3) is 3.51. The molecule has 0 amide bonds. The molecular formula is C20H23FN4. The molecule has 0 unspecified atom stereocenters. The SMILES string of the molecule is FCc1ccc(-c2cc(NC3CCNCC3)c3c(c2)=CCNC=3)cn1. The summed E-state index contributed by atoms with van der Waals surface area (Å²) in [4.78, 5) is 4.20. The zero-order valence-electron chi connectivity index (χ0n) is 14.2. The van der Waals surface area contributed by atoms with Crippen LogP contribution >= 0.6 is 0 Å². The second-order valence-electron chi connectivity index (χ2n) is 6.62. The number of benzene rings is 1. The van der Waals surface area contributed by atoms with Gasteiger partial charge in [0, 0.05) is 41.5 Å². The molecule has 0 saturated carbocycles. The van der Waals surface area contributed by atoms with Crippen LogP contribution in [0, 0.1) is 0 Å². The van der Waals surface area contributed by atoms with Crippen LogP contribution in [-0.4, -0.2) is 30.7 Å². The summed E-state index contributed by atoms with van der Waals surface area (Å²) in [5.41, 5.74) is 3.75. The van der Waals surface area contributed by atoms with Crippen LogP contribution in [0.4, 0.5) is 10.1 Å². The Morgan fingerprint density at radius 2 is 2.04 bits per heavy atom. The lowest BCUT2D eigenvalue weighted by atomic mass is 10.0. The number of aromatic nitrogens is 1. The van der Waals surface area contributed by atoms with Crippen LogP contribution in [0.15, 0.2) is 30.5 Å². The van der Waals surface area contributed by atoms with Crippen molar-refractivity contribution in [2.24, 2.45) is 0 Å². The fourth-order valence-electron chi connectivity index (χ4n) is 3.48. The van der Waals surface area contributed by atoms with Gasteiger partial charge >= 0.3 is 0 Å². The average Bonchev–Trinajstić information content (AvgIpc) is 2.69. The van der Waals surface area contributed by atoms with E-state index in [0.29, 0.717) is 11.7 Å². The van der Waals surface area contributed by atoms with Gasteiger partial charge in [0.05, 0.1) is 5.69 Å². The molecule has 2 aliphatic rings. The van der Waals surface area contributed by atoms with Gasteiger partial charge in [-0.25, -0.2) is 4.39 Å². The van der Waals surface area contributed by atoms with Crippen molar-refractivity contribution < 1.29 is 4.39 Å². The Balaban J connectivity index is 1.74. The number of pyridine rings is 1. The maximum atomic E-state index is 12.7. The Morgan fingerprint density at radius 1 is 1.16 bits per heavy atom. The van der Waals surface area contributed by atoms with Crippen LogP contribution < -0.4 is 26.4 Å². The average molecular weight is 338 g/mol. The number of hydrogen-bond acceptors (Lipinski definition) is 4. The van der Waals surface area contributed by atoms with E-state index in [1.54, 1.807) is 12.3 Å². The molecule has 0 radical (unpaired) electrons. The van der Waals surface area contributed by atoms with Crippen molar-refractivity contribution in [2.75, 3.05) is 25.0 Å². The zero-order chi connectivity index (χ0) is 17.1. The Kier molecular flexibility index (Phi) is 4.65. The van der Waals surface area contributed by atoms with Gasteiger partial charge in [-0.3, -0.25) is 4.98 Å². The maximum absolute atomic E-state index is 12.7. The minimum atomic E-state index is -0.526. The summed E-state index contributed by atoms with van der Waals surface area (Å²) in [7, 11) is 0. The molecule has 0 aliphatic carbocycles. The molecule has 4 rings (SSSR count). The number of fused-ring (bicyclic) bond motifs is 1. The quantitative estimate of drug-likeness (QED) is 0.791. The van der Waals surface area contributed by atoms with Gasteiger partial charge < -0.3 is 16.0 Å². The molecule has 0 atom stereocenters. The van der Waals surface area contributed by atoms with Gasteiger partial charge in [0.25, 0.3) is 0 Å². The van der Waals surface area contributed by atoms with Gasteiger partial charge in [0.1, 0.15) is 6.67 Å². The number of anilines is 1. The van der Waals surface area contributed by atoms with Crippen LogP contribution in [0.3, 0.4) is 0 Å².